The number of hydrogen-bond acceptors (Lipinski definition) is 4. The maximum absolute atomic E-state index is 6.03. The number of ether oxygens (including phenoxy) is 1. The van der Waals surface area contributed by atoms with Crippen molar-refractivity contribution in [2.24, 2.45) is 5.73 Å². The van der Waals surface area contributed by atoms with Crippen molar-refractivity contribution in [3.05, 3.63) is 29.8 Å². The summed E-state index contributed by atoms with van der Waals surface area (Å²) in [5.41, 5.74) is 7.29. The second-order valence-corrected chi connectivity index (χ2v) is 6.58. The zero-order valence-electron chi connectivity index (χ0n) is 14.0. The van der Waals surface area contributed by atoms with Crippen LogP contribution in [0.2, 0.25) is 0 Å². The Labute approximate surface area is 134 Å². The van der Waals surface area contributed by atoms with E-state index in [0.717, 1.165) is 17.9 Å². The quantitative estimate of drug-likeness (QED) is 0.757. The largest absolute Gasteiger partial charge is 0.491 e. The molecule has 4 heteroatoms. The van der Waals surface area contributed by atoms with Crippen LogP contribution in [-0.4, -0.2) is 42.6 Å². The standard InChI is InChI=1S/C17H30N2OS/c1-6-15(12-21-5)19(4)17(11-18)14-7-9-16(10-8-14)20-13(2)3/h7-10,13,15,17H,6,11-12,18H2,1-5H3. The molecule has 21 heavy (non-hydrogen) atoms. The Kier molecular flexibility index (Phi) is 8.15. The van der Waals surface area contributed by atoms with Gasteiger partial charge in [0.05, 0.1) is 6.10 Å². The number of hydrogen-bond donors (Lipinski definition) is 1. The third kappa shape index (κ3) is 5.53. The summed E-state index contributed by atoms with van der Waals surface area (Å²) in [4.78, 5) is 2.41. The van der Waals surface area contributed by atoms with Crippen LogP contribution in [0.3, 0.4) is 0 Å². The van der Waals surface area contributed by atoms with Crippen molar-refractivity contribution in [2.45, 2.75) is 45.4 Å². The summed E-state index contributed by atoms with van der Waals surface area (Å²) in [5.74, 6) is 2.06. The number of rotatable bonds is 9. The number of nitrogens with zero attached hydrogens (tertiary/aromatic N) is 1. The summed E-state index contributed by atoms with van der Waals surface area (Å²) in [6.07, 6.45) is 3.50. The van der Waals surface area contributed by atoms with Crippen LogP contribution >= 0.6 is 11.8 Å². The van der Waals surface area contributed by atoms with E-state index >= 15 is 0 Å². The Morgan fingerprint density at radius 1 is 1.24 bits per heavy atom. The minimum atomic E-state index is 0.204. The molecule has 0 aromatic heterocycles. The maximum Gasteiger partial charge on any atom is 0.119 e. The van der Waals surface area contributed by atoms with Crippen LogP contribution in [-0.2, 0) is 0 Å². The molecule has 0 aliphatic carbocycles. The van der Waals surface area contributed by atoms with E-state index in [9.17, 15) is 0 Å². The van der Waals surface area contributed by atoms with Crippen molar-refractivity contribution in [3.63, 3.8) is 0 Å². The first kappa shape index (κ1) is 18.3. The first-order valence-corrected chi connectivity index (χ1v) is 9.10. The van der Waals surface area contributed by atoms with Crippen LogP contribution in [0.1, 0.15) is 38.8 Å². The van der Waals surface area contributed by atoms with Gasteiger partial charge in [0.1, 0.15) is 5.75 Å². The number of thioether (sulfide) groups is 1. The fourth-order valence-electron chi connectivity index (χ4n) is 2.55. The minimum Gasteiger partial charge on any atom is -0.491 e. The number of nitrogens with two attached hydrogens (primary N) is 1. The van der Waals surface area contributed by atoms with Gasteiger partial charge < -0.3 is 10.5 Å². The van der Waals surface area contributed by atoms with Crippen molar-refractivity contribution in [3.8, 4) is 5.75 Å². The average Bonchev–Trinajstić information content (AvgIpc) is 2.46. The van der Waals surface area contributed by atoms with Crippen molar-refractivity contribution in [2.75, 3.05) is 25.6 Å². The summed E-state index contributed by atoms with van der Waals surface area (Å²) in [6.45, 7) is 6.95. The first-order chi connectivity index (χ1) is 10.0. The highest BCUT2D eigenvalue weighted by atomic mass is 32.2. The summed E-state index contributed by atoms with van der Waals surface area (Å²) in [6, 6.07) is 9.17. The van der Waals surface area contributed by atoms with Gasteiger partial charge in [-0.3, -0.25) is 4.90 Å². The number of likely N-dealkylation sites (N-methyl/N-ethyl adjacent to an activating group) is 1. The predicted molar refractivity (Wildman–Crippen MR) is 94.2 cm³/mol. The highest BCUT2D eigenvalue weighted by Gasteiger charge is 2.21. The molecule has 0 aliphatic rings. The summed E-state index contributed by atoms with van der Waals surface area (Å²) >= 11 is 1.89. The SMILES string of the molecule is CCC(CSC)N(C)C(CN)c1ccc(OC(C)C)cc1. The van der Waals surface area contributed by atoms with Crippen LogP contribution in [0, 0.1) is 0 Å². The van der Waals surface area contributed by atoms with Gasteiger partial charge in [-0.15, -0.1) is 0 Å². The van der Waals surface area contributed by atoms with Crippen LogP contribution in [0.15, 0.2) is 24.3 Å². The molecular weight excluding hydrogens is 280 g/mol. The van der Waals surface area contributed by atoms with Gasteiger partial charge >= 0.3 is 0 Å². The van der Waals surface area contributed by atoms with E-state index in [2.05, 4.69) is 37.3 Å². The topological polar surface area (TPSA) is 38.5 Å². The Hall–Kier alpha value is -0.710. The van der Waals surface area contributed by atoms with Gasteiger partial charge in [-0.05, 0) is 51.3 Å². The lowest BCUT2D eigenvalue weighted by atomic mass is 10.0. The molecule has 0 radical (unpaired) electrons. The molecular formula is C17H30N2OS. The van der Waals surface area contributed by atoms with Crippen LogP contribution < -0.4 is 10.5 Å². The zero-order valence-corrected chi connectivity index (χ0v) is 14.8. The molecule has 1 aromatic rings. The highest BCUT2D eigenvalue weighted by Crippen LogP contribution is 2.25. The summed E-state index contributed by atoms with van der Waals surface area (Å²) < 4.78 is 5.70. The fraction of sp³-hybridized carbons (Fsp3) is 0.647. The third-order valence-corrected chi connectivity index (χ3v) is 4.48. The van der Waals surface area contributed by atoms with Crippen LogP contribution in [0.25, 0.3) is 0 Å². The predicted octanol–water partition coefficient (Wildman–Crippen LogP) is 3.55. The molecule has 120 valence electrons. The van der Waals surface area contributed by atoms with E-state index in [1.165, 1.54) is 5.56 Å². The van der Waals surface area contributed by atoms with Crippen LogP contribution in [0.5, 0.6) is 5.75 Å². The van der Waals surface area contributed by atoms with Crippen molar-refractivity contribution < 1.29 is 4.74 Å². The minimum absolute atomic E-state index is 0.204. The Morgan fingerprint density at radius 2 is 1.86 bits per heavy atom. The molecule has 2 unspecified atom stereocenters. The second kappa shape index (κ2) is 9.34. The third-order valence-electron chi connectivity index (χ3n) is 3.76. The van der Waals surface area contributed by atoms with Gasteiger partial charge in [0, 0.05) is 24.4 Å². The molecule has 0 heterocycles. The van der Waals surface area contributed by atoms with E-state index in [1.807, 2.05) is 37.7 Å². The fourth-order valence-corrected chi connectivity index (χ4v) is 3.40. The zero-order chi connectivity index (χ0) is 15.8. The van der Waals surface area contributed by atoms with Gasteiger partial charge in [-0.25, -0.2) is 0 Å². The van der Waals surface area contributed by atoms with Gasteiger partial charge in [0.15, 0.2) is 0 Å². The molecule has 0 saturated heterocycles. The molecule has 0 fully saturated rings. The van der Waals surface area contributed by atoms with Gasteiger partial charge in [0.25, 0.3) is 0 Å². The average molecular weight is 311 g/mol. The van der Waals surface area contributed by atoms with Crippen molar-refractivity contribution in [1.82, 2.24) is 4.90 Å². The van der Waals surface area contributed by atoms with E-state index in [-0.39, 0.29) is 12.1 Å². The molecule has 1 rings (SSSR count). The molecule has 2 atom stereocenters. The van der Waals surface area contributed by atoms with Crippen molar-refractivity contribution >= 4 is 11.8 Å². The lowest BCUT2D eigenvalue weighted by Crippen LogP contribution is -2.39. The molecule has 0 amide bonds. The molecule has 0 saturated carbocycles. The van der Waals surface area contributed by atoms with Gasteiger partial charge in [-0.1, -0.05) is 19.1 Å². The van der Waals surface area contributed by atoms with E-state index in [1.54, 1.807) is 0 Å². The Bertz CT molecular complexity index is 394. The molecule has 0 aliphatic heterocycles. The van der Waals surface area contributed by atoms with Crippen LogP contribution in [0.4, 0.5) is 0 Å². The number of benzene rings is 1. The lowest BCUT2D eigenvalue weighted by Gasteiger charge is -2.34. The maximum atomic E-state index is 6.03. The summed E-state index contributed by atoms with van der Waals surface area (Å²) in [7, 11) is 2.18. The first-order valence-electron chi connectivity index (χ1n) is 7.71. The van der Waals surface area contributed by atoms with Gasteiger partial charge in [0.2, 0.25) is 0 Å². The molecule has 3 nitrogen and oxygen atoms in total. The highest BCUT2D eigenvalue weighted by molar-refractivity contribution is 7.98. The van der Waals surface area contributed by atoms with Gasteiger partial charge in [-0.2, -0.15) is 11.8 Å². The molecule has 1 aromatic carbocycles. The molecule has 0 bridgehead atoms. The second-order valence-electron chi connectivity index (χ2n) is 5.67. The summed E-state index contributed by atoms with van der Waals surface area (Å²) in [5, 5.41) is 0. The Morgan fingerprint density at radius 3 is 2.29 bits per heavy atom. The smallest absolute Gasteiger partial charge is 0.119 e. The van der Waals surface area contributed by atoms with Crippen molar-refractivity contribution in [1.29, 1.82) is 0 Å². The van der Waals surface area contributed by atoms with E-state index in [4.69, 9.17) is 10.5 Å². The van der Waals surface area contributed by atoms with E-state index in [0.29, 0.717) is 12.6 Å². The Balaban J connectivity index is 2.83. The normalized spacial score (nSPS) is 14.5. The molecule has 0 spiro atoms. The van der Waals surface area contributed by atoms with E-state index < -0.39 is 0 Å². The lowest BCUT2D eigenvalue weighted by molar-refractivity contribution is 0.187. The molecule has 2 N–H and O–H groups in total. The monoisotopic (exact) mass is 310 g/mol.